The van der Waals surface area contributed by atoms with Crippen LogP contribution in [0.15, 0.2) is 54.6 Å². The van der Waals surface area contributed by atoms with Gasteiger partial charge in [0, 0.05) is 6.42 Å². The highest BCUT2D eigenvalue weighted by molar-refractivity contribution is 5.89. The molecule has 0 bridgehead atoms. The van der Waals surface area contributed by atoms with Gasteiger partial charge in [-0.3, -0.25) is 0 Å². The first-order valence-electron chi connectivity index (χ1n) is 6.04. The Morgan fingerprint density at radius 1 is 1.05 bits per heavy atom. The number of aldehydes is 1. The van der Waals surface area contributed by atoms with Crippen molar-refractivity contribution in [2.75, 3.05) is 0 Å². The minimum atomic E-state index is 0.299. The number of carbonyl (C=O) groups excluding carboxylic acids is 1. The standard InChI is InChI=1S/C17H13NO/c18-13-16-8-4-5-9-17(16)15(10-11-19)12-14-6-2-1-3-7-14/h1-9,11-12H,10H2. The number of rotatable bonds is 4. The SMILES string of the molecule is N#Cc1ccccc1C(=Cc1ccccc1)CC=O. The summed E-state index contributed by atoms with van der Waals surface area (Å²) >= 11 is 0. The second kappa shape index (κ2) is 6.32. The molecule has 0 N–H and O–H groups in total. The lowest BCUT2D eigenvalue weighted by molar-refractivity contribution is -0.107. The van der Waals surface area contributed by atoms with Gasteiger partial charge in [-0.05, 0) is 22.8 Å². The van der Waals surface area contributed by atoms with Gasteiger partial charge in [-0.25, -0.2) is 0 Å². The van der Waals surface area contributed by atoms with Crippen LogP contribution in [0.5, 0.6) is 0 Å². The zero-order chi connectivity index (χ0) is 13.5. The Balaban J connectivity index is 2.49. The molecule has 0 saturated heterocycles. The van der Waals surface area contributed by atoms with Crippen molar-refractivity contribution in [2.45, 2.75) is 6.42 Å². The first kappa shape index (κ1) is 12.8. The molecule has 0 saturated carbocycles. The molecule has 0 heterocycles. The number of hydrogen-bond donors (Lipinski definition) is 0. The Bertz CT molecular complexity index is 636. The van der Waals surface area contributed by atoms with Crippen LogP contribution in [-0.2, 0) is 4.79 Å². The summed E-state index contributed by atoms with van der Waals surface area (Å²) in [6, 6.07) is 19.3. The average Bonchev–Trinajstić information content (AvgIpc) is 2.48. The van der Waals surface area contributed by atoms with Crippen molar-refractivity contribution in [3.8, 4) is 6.07 Å². The highest BCUT2D eigenvalue weighted by atomic mass is 16.1. The number of benzene rings is 2. The van der Waals surface area contributed by atoms with Gasteiger partial charge in [0.15, 0.2) is 0 Å². The molecule has 19 heavy (non-hydrogen) atoms. The van der Waals surface area contributed by atoms with Crippen molar-refractivity contribution in [3.05, 3.63) is 71.3 Å². The Hall–Kier alpha value is -2.66. The average molecular weight is 247 g/mol. The van der Waals surface area contributed by atoms with Gasteiger partial charge < -0.3 is 4.79 Å². The molecule has 0 aliphatic heterocycles. The minimum absolute atomic E-state index is 0.299. The molecule has 2 nitrogen and oxygen atoms in total. The van der Waals surface area contributed by atoms with E-state index in [1.54, 1.807) is 6.07 Å². The van der Waals surface area contributed by atoms with E-state index in [2.05, 4.69) is 6.07 Å². The zero-order valence-corrected chi connectivity index (χ0v) is 10.4. The Labute approximate surface area is 112 Å². The van der Waals surface area contributed by atoms with Crippen molar-refractivity contribution >= 4 is 17.9 Å². The van der Waals surface area contributed by atoms with Gasteiger partial charge in [-0.2, -0.15) is 5.26 Å². The van der Waals surface area contributed by atoms with Gasteiger partial charge in [0.05, 0.1) is 11.6 Å². The maximum absolute atomic E-state index is 10.9. The monoisotopic (exact) mass is 247 g/mol. The topological polar surface area (TPSA) is 40.9 Å². The van der Waals surface area contributed by atoms with Crippen molar-refractivity contribution in [1.29, 1.82) is 5.26 Å². The fourth-order valence-electron chi connectivity index (χ4n) is 1.95. The van der Waals surface area contributed by atoms with Gasteiger partial charge >= 0.3 is 0 Å². The Morgan fingerprint density at radius 3 is 2.42 bits per heavy atom. The Morgan fingerprint density at radius 2 is 1.74 bits per heavy atom. The van der Waals surface area contributed by atoms with Gasteiger partial charge in [-0.1, -0.05) is 54.6 Å². The van der Waals surface area contributed by atoms with Crippen molar-refractivity contribution in [2.24, 2.45) is 0 Å². The second-order valence-electron chi connectivity index (χ2n) is 4.11. The molecule has 2 heteroatoms. The molecular formula is C17H13NO. The molecule has 2 aromatic carbocycles. The molecule has 0 aliphatic rings. The van der Waals surface area contributed by atoms with Crippen LogP contribution in [0.2, 0.25) is 0 Å². The third-order valence-electron chi connectivity index (χ3n) is 2.84. The molecule has 0 fully saturated rings. The van der Waals surface area contributed by atoms with Crippen LogP contribution in [-0.4, -0.2) is 6.29 Å². The summed E-state index contributed by atoms with van der Waals surface area (Å²) in [5.41, 5.74) is 3.29. The smallest absolute Gasteiger partial charge is 0.124 e. The summed E-state index contributed by atoms with van der Waals surface area (Å²) in [4.78, 5) is 10.9. The maximum atomic E-state index is 10.9. The van der Waals surface area contributed by atoms with Crippen LogP contribution in [0.25, 0.3) is 11.6 Å². The summed E-state index contributed by atoms with van der Waals surface area (Å²) in [5.74, 6) is 0. The molecule has 0 aliphatic carbocycles. The summed E-state index contributed by atoms with van der Waals surface area (Å²) in [6.07, 6.45) is 3.11. The summed E-state index contributed by atoms with van der Waals surface area (Å²) in [7, 11) is 0. The first-order chi connectivity index (χ1) is 9.35. The van der Waals surface area contributed by atoms with Gasteiger partial charge in [-0.15, -0.1) is 0 Å². The number of nitrogens with zero attached hydrogens (tertiary/aromatic N) is 1. The highest BCUT2D eigenvalue weighted by Gasteiger charge is 2.06. The van der Waals surface area contributed by atoms with Crippen LogP contribution < -0.4 is 0 Å². The van der Waals surface area contributed by atoms with E-state index in [9.17, 15) is 4.79 Å². The minimum Gasteiger partial charge on any atom is -0.303 e. The van der Waals surface area contributed by atoms with Gasteiger partial charge in [0.2, 0.25) is 0 Å². The van der Waals surface area contributed by atoms with Crippen LogP contribution in [0.1, 0.15) is 23.1 Å². The van der Waals surface area contributed by atoms with Crippen molar-refractivity contribution < 1.29 is 4.79 Å². The molecule has 0 atom stereocenters. The molecule has 0 spiro atoms. The van der Waals surface area contributed by atoms with Crippen molar-refractivity contribution in [3.63, 3.8) is 0 Å². The number of hydrogen-bond acceptors (Lipinski definition) is 2. The molecule has 0 aromatic heterocycles. The number of nitriles is 1. The van der Waals surface area contributed by atoms with Crippen LogP contribution >= 0.6 is 0 Å². The quantitative estimate of drug-likeness (QED) is 0.610. The summed E-state index contributed by atoms with van der Waals surface area (Å²) < 4.78 is 0. The maximum Gasteiger partial charge on any atom is 0.124 e. The fraction of sp³-hybridized carbons (Fsp3) is 0.0588. The molecule has 0 unspecified atom stereocenters. The van der Waals surface area contributed by atoms with E-state index in [0.717, 1.165) is 23.0 Å². The van der Waals surface area contributed by atoms with Crippen LogP contribution in [0.3, 0.4) is 0 Å². The van der Waals surface area contributed by atoms with E-state index < -0.39 is 0 Å². The predicted molar refractivity (Wildman–Crippen MR) is 76.2 cm³/mol. The Kier molecular flexibility index (Phi) is 4.25. The zero-order valence-electron chi connectivity index (χ0n) is 10.4. The molecule has 0 radical (unpaired) electrons. The number of carbonyl (C=O) groups is 1. The van der Waals surface area contributed by atoms with E-state index in [-0.39, 0.29) is 0 Å². The fourth-order valence-corrected chi connectivity index (χ4v) is 1.95. The van der Waals surface area contributed by atoms with E-state index in [4.69, 9.17) is 5.26 Å². The normalized spacial score (nSPS) is 10.8. The van der Waals surface area contributed by atoms with Crippen LogP contribution in [0, 0.1) is 11.3 Å². The summed E-state index contributed by atoms with van der Waals surface area (Å²) in [5, 5.41) is 9.14. The van der Waals surface area contributed by atoms with E-state index in [0.29, 0.717) is 12.0 Å². The lowest BCUT2D eigenvalue weighted by Crippen LogP contribution is -1.91. The third-order valence-corrected chi connectivity index (χ3v) is 2.84. The third kappa shape index (κ3) is 3.17. The molecular weight excluding hydrogens is 234 g/mol. The van der Waals surface area contributed by atoms with E-state index >= 15 is 0 Å². The van der Waals surface area contributed by atoms with Crippen molar-refractivity contribution in [1.82, 2.24) is 0 Å². The molecule has 92 valence electrons. The number of allylic oxidation sites excluding steroid dienone is 1. The highest BCUT2D eigenvalue weighted by Crippen LogP contribution is 2.23. The predicted octanol–water partition coefficient (Wildman–Crippen LogP) is 3.69. The van der Waals surface area contributed by atoms with E-state index in [1.165, 1.54) is 0 Å². The van der Waals surface area contributed by atoms with Crippen LogP contribution in [0.4, 0.5) is 0 Å². The van der Waals surface area contributed by atoms with E-state index in [1.807, 2.05) is 54.6 Å². The molecule has 2 aromatic rings. The second-order valence-corrected chi connectivity index (χ2v) is 4.11. The van der Waals surface area contributed by atoms with Gasteiger partial charge in [0.25, 0.3) is 0 Å². The first-order valence-corrected chi connectivity index (χ1v) is 6.04. The lowest BCUT2D eigenvalue weighted by atomic mass is 9.96. The lowest BCUT2D eigenvalue weighted by Gasteiger charge is -2.07. The summed E-state index contributed by atoms with van der Waals surface area (Å²) in [6.45, 7) is 0. The van der Waals surface area contributed by atoms with Gasteiger partial charge in [0.1, 0.15) is 6.29 Å². The largest absolute Gasteiger partial charge is 0.303 e. The molecule has 0 amide bonds. The molecule has 2 rings (SSSR count).